The zero-order valence-electron chi connectivity index (χ0n) is 8.50. The van der Waals surface area contributed by atoms with Crippen molar-refractivity contribution in [3.63, 3.8) is 0 Å². The van der Waals surface area contributed by atoms with E-state index >= 15 is 0 Å². The van der Waals surface area contributed by atoms with Gasteiger partial charge in [0.25, 0.3) is 0 Å². The molecule has 5 nitrogen and oxygen atoms in total. The van der Waals surface area contributed by atoms with Crippen molar-refractivity contribution in [2.24, 2.45) is 5.84 Å². The van der Waals surface area contributed by atoms with Gasteiger partial charge >= 0.3 is 0 Å². The molecule has 0 amide bonds. The van der Waals surface area contributed by atoms with E-state index in [4.69, 9.17) is 5.84 Å². The Morgan fingerprint density at radius 1 is 1.31 bits per heavy atom. The number of hydrogen-bond donors (Lipinski definition) is 2. The lowest BCUT2D eigenvalue weighted by Crippen LogP contribution is -2.08. The fraction of sp³-hybridized carbons (Fsp3) is 0.100. The average Bonchev–Trinajstić information content (AvgIpc) is 2.38. The fourth-order valence-electron chi connectivity index (χ4n) is 1.15. The molecule has 16 heavy (non-hydrogen) atoms. The number of nitrogens with zero attached hydrogens (tertiary/aromatic N) is 3. The molecule has 6 heteroatoms. The summed E-state index contributed by atoms with van der Waals surface area (Å²) in [6.07, 6.45) is 5.06. The van der Waals surface area contributed by atoms with E-state index < -0.39 is 0 Å². The van der Waals surface area contributed by atoms with Gasteiger partial charge in [-0.05, 0) is 12.1 Å². The maximum absolute atomic E-state index is 5.28. The summed E-state index contributed by atoms with van der Waals surface area (Å²) in [6, 6.07) is 5.68. The lowest BCUT2D eigenvalue weighted by molar-refractivity contribution is 1.05. The molecule has 2 rings (SSSR count). The molecule has 0 radical (unpaired) electrons. The van der Waals surface area contributed by atoms with Crippen molar-refractivity contribution in [1.82, 2.24) is 15.0 Å². The Hall–Kier alpha value is -1.66. The summed E-state index contributed by atoms with van der Waals surface area (Å²) in [5, 5.41) is 0.885. The van der Waals surface area contributed by atoms with Gasteiger partial charge in [0.1, 0.15) is 10.8 Å². The Labute approximate surface area is 97.5 Å². The minimum Gasteiger partial charge on any atom is -0.308 e. The van der Waals surface area contributed by atoms with E-state index in [-0.39, 0.29) is 0 Å². The van der Waals surface area contributed by atoms with E-state index in [1.54, 1.807) is 30.4 Å². The van der Waals surface area contributed by atoms with Crippen LogP contribution < -0.4 is 11.3 Å². The third-order valence-electron chi connectivity index (χ3n) is 1.86. The van der Waals surface area contributed by atoms with E-state index in [9.17, 15) is 0 Å². The van der Waals surface area contributed by atoms with Crippen LogP contribution in [0.5, 0.6) is 0 Å². The molecule has 0 bridgehead atoms. The molecule has 0 aliphatic carbocycles. The predicted octanol–water partition coefficient (Wildman–Crippen LogP) is 1.45. The highest BCUT2D eigenvalue weighted by Crippen LogP contribution is 2.18. The lowest BCUT2D eigenvalue weighted by atomic mass is 10.4. The molecule has 2 aromatic heterocycles. The van der Waals surface area contributed by atoms with Crippen molar-refractivity contribution in [2.45, 2.75) is 10.8 Å². The summed E-state index contributed by atoms with van der Waals surface area (Å²) < 4.78 is 0. The van der Waals surface area contributed by atoms with Gasteiger partial charge in [-0.25, -0.2) is 15.8 Å². The molecule has 2 heterocycles. The normalized spacial score (nSPS) is 10.1. The number of anilines is 1. The monoisotopic (exact) mass is 233 g/mol. The fourth-order valence-corrected chi connectivity index (χ4v) is 1.88. The Morgan fingerprint density at radius 3 is 3.00 bits per heavy atom. The summed E-state index contributed by atoms with van der Waals surface area (Å²) in [4.78, 5) is 12.5. The van der Waals surface area contributed by atoms with Crippen LogP contribution in [0.25, 0.3) is 0 Å². The average molecular weight is 233 g/mol. The molecule has 0 saturated heterocycles. The molecule has 0 aliphatic heterocycles. The van der Waals surface area contributed by atoms with Gasteiger partial charge in [-0.1, -0.05) is 17.8 Å². The molecule has 82 valence electrons. The molecule has 0 spiro atoms. The van der Waals surface area contributed by atoms with E-state index in [0.29, 0.717) is 5.82 Å². The maximum atomic E-state index is 5.28. The van der Waals surface area contributed by atoms with E-state index in [1.807, 2.05) is 18.2 Å². The second kappa shape index (κ2) is 5.43. The van der Waals surface area contributed by atoms with Crippen LogP contribution in [0.4, 0.5) is 5.82 Å². The van der Waals surface area contributed by atoms with Crippen molar-refractivity contribution in [2.75, 3.05) is 5.43 Å². The van der Waals surface area contributed by atoms with E-state index in [2.05, 4.69) is 20.4 Å². The first-order valence-electron chi connectivity index (χ1n) is 4.70. The van der Waals surface area contributed by atoms with Crippen molar-refractivity contribution in [3.8, 4) is 0 Å². The van der Waals surface area contributed by atoms with Gasteiger partial charge in [0.2, 0.25) is 0 Å². The zero-order chi connectivity index (χ0) is 11.2. The van der Waals surface area contributed by atoms with Crippen LogP contribution in [0.2, 0.25) is 0 Å². The Morgan fingerprint density at radius 2 is 2.25 bits per heavy atom. The van der Waals surface area contributed by atoms with Gasteiger partial charge in [0.15, 0.2) is 0 Å². The molecule has 0 unspecified atom stereocenters. The lowest BCUT2D eigenvalue weighted by Gasteiger charge is -2.02. The molecule has 2 aromatic rings. The first-order valence-corrected chi connectivity index (χ1v) is 5.68. The summed E-state index contributed by atoms with van der Waals surface area (Å²) in [5.41, 5.74) is 3.47. The highest BCUT2D eigenvalue weighted by molar-refractivity contribution is 7.98. The van der Waals surface area contributed by atoms with Gasteiger partial charge in [0, 0.05) is 18.1 Å². The van der Waals surface area contributed by atoms with Crippen LogP contribution in [-0.4, -0.2) is 15.0 Å². The quantitative estimate of drug-likeness (QED) is 0.473. The summed E-state index contributed by atoms with van der Waals surface area (Å²) in [7, 11) is 0. The molecular formula is C10H11N5S. The van der Waals surface area contributed by atoms with Crippen molar-refractivity contribution in [3.05, 3.63) is 42.5 Å². The Kier molecular flexibility index (Phi) is 3.68. The highest BCUT2D eigenvalue weighted by atomic mass is 32.2. The van der Waals surface area contributed by atoms with Gasteiger partial charge in [-0.3, -0.25) is 4.98 Å². The minimum atomic E-state index is 0.664. The van der Waals surface area contributed by atoms with Crippen LogP contribution in [0.3, 0.4) is 0 Å². The van der Waals surface area contributed by atoms with E-state index in [0.717, 1.165) is 16.5 Å². The summed E-state index contributed by atoms with van der Waals surface area (Å²) in [6.45, 7) is 0. The number of hydrazine groups is 1. The van der Waals surface area contributed by atoms with Gasteiger partial charge in [0.05, 0.1) is 11.9 Å². The van der Waals surface area contributed by atoms with Crippen molar-refractivity contribution in [1.29, 1.82) is 0 Å². The topological polar surface area (TPSA) is 76.7 Å². The molecule has 0 aliphatic rings. The predicted molar refractivity (Wildman–Crippen MR) is 63.6 cm³/mol. The zero-order valence-corrected chi connectivity index (χ0v) is 9.31. The molecule has 0 fully saturated rings. The highest BCUT2D eigenvalue weighted by Gasteiger charge is 1.99. The number of aromatic nitrogens is 3. The van der Waals surface area contributed by atoms with Crippen LogP contribution in [0.1, 0.15) is 5.69 Å². The third-order valence-corrected chi connectivity index (χ3v) is 2.81. The molecular weight excluding hydrogens is 222 g/mol. The minimum absolute atomic E-state index is 0.664. The van der Waals surface area contributed by atoms with Gasteiger partial charge < -0.3 is 5.43 Å². The number of hydrogen-bond acceptors (Lipinski definition) is 6. The second-order valence-corrected chi connectivity index (χ2v) is 3.99. The van der Waals surface area contributed by atoms with Gasteiger partial charge in [-0.15, -0.1) is 0 Å². The molecule has 3 N–H and O–H groups in total. The first-order chi connectivity index (χ1) is 7.88. The molecule has 0 saturated carbocycles. The SMILES string of the molecule is NNc1cccc(CSc2cnccn2)n1. The number of rotatable bonds is 4. The van der Waals surface area contributed by atoms with Crippen LogP contribution in [-0.2, 0) is 5.75 Å². The molecule has 0 atom stereocenters. The largest absolute Gasteiger partial charge is 0.308 e. The number of pyridine rings is 1. The van der Waals surface area contributed by atoms with E-state index in [1.165, 1.54) is 0 Å². The van der Waals surface area contributed by atoms with Crippen molar-refractivity contribution < 1.29 is 0 Å². The summed E-state index contributed by atoms with van der Waals surface area (Å²) in [5.74, 6) is 6.69. The maximum Gasteiger partial charge on any atom is 0.140 e. The van der Waals surface area contributed by atoms with Gasteiger partial charge in [-0.2, -0.15) is 0 Å². The second-order valence-electron chi connectivity index (χ2n) is 2.99. The number of nitrogens with two attached hydrogens (primary N) is 1. The number of thioether (sulfide) groups is 1. The smallest absolute Gasteiger partial charge is 0.140 e. The first kappa shape index (κ1) is 10.8. The standard InChI is InChI=1S/C10H11N5S/c11-15-9-3-1-2-8(14-9)7-16-10-6-12-4-5-13-10/h1-6H,7,11H2,(H,14,15). The van der Waals surface area contributed by atoms with Crippen LogP contribution in [0.15, 0.2) is 41.8 Å². The van der Waals surface area contributed by atoms with Crippen LogP contribution in [0, 0.1) is 0 Å². The number of nitrogens with one attached hydrogen (secondary N) is 1. The Bertz CT molecular complexity index is 448. The summed E-state index contributed by atoms with van der Waals surface area (Å²) >= 11 is 1.59. The Balaban J connectivity index is 1.99. The third kappa shape index (κ3) is 2.91. The molecule has 0 aromatic carbocycles. The van der Waals surface area contributed by atoms with Crippen LogP contribution >= 0.6 is 11.8 Å². The number of nitrogen functional groups attached to an aromatic ring is 1. The van der Waals surface area contributed by atoms with Crippen molar-refractivity contribution >= 4 is 17.6 Å².